The largest absolute Gasteiger partial charge is 0.487 e. The Morgan fingerprint density at radius 1 is 1.16 bits per heavy atom. The van der Waals surface area contributed by atoms with Crippen molar-refractivity contribution < 1.29 is 23.7 Å². The number of fused-ring (bicyclic) bond motifs is 2. The van der Waals surface area contributed by atoms with Crippen molar-refractivity contribution in [2.75, 3.05) is 12.3 Å². The number of aromatic nitrogens is 3. The lowest BCUT2D eigenvalue weighted by Crippen LogP contribution is -2.35. The first kappa shape index (κ1) is 20.1. The van der Waals surface area contributed by atoms with Crippen molar-refractivity contribution in [3.8, 4) is 5.75 Å². The number of hydrogen-bond acceptors (Lipinski definition) is 7. The van der Waals surface area contributed by atoms with Crippen LogP contribution in [0.15, 0.2) is 18.3 Å². The van der Waals surface area contributed by atoms with E-state index < -0.39 is 30.2 Å². The predicted octanol–water partition coefficient (Wildman–Crippen LogP) is 1.36. The van der Waals surface area contributed by atoms with Gasteiger partial charge in [-0.05, 0) is 37.6 Å². The lowest BCUT2D eigenvalue weighted by atomic mass is 9.99. The first-order valence-corrected chi connectivity index (χ1v) is 10.2. The molecule has 0 spiro atoms. The molecule has 0 amide bonds. The third-order valence-electron chi connectivity index (χ3n) is 6.18. The number of aliphatic hydroxyl groups excluding tert-OH is 2. The van der Waals surface area contributed by atoms with E-state index in [1.54, 1.807) is 6.92 Å². The van der Waals surface area contributed by atoms with E-state index in [0.29, 0.717) is 42.2 Å². The highest BCUT2D eigenvalue weighted by Gasteiger charge is 2.45. The standard InChI is InChI=1S/C21H23F2N5O3/c1-9-26-20(24)17-13(23)8-28(21(17)27-9)14-6-16(19(30)18(14)29)31-15-3-2-12(22)10-4-5-25-7-11(10)15/h2-3,8,14,16,18-19,25,29-30H,4-7H2,1H3,(H2,24,26,27)/t14-,16+,18+,19-/m1/s1. The lowest BCUT2D eigenvalue weighted by molar-refractivity contribution is -0.0167. The summed E-state index contributed by atoms with van der Waals surface area (Å²) < 4.78 is 36.2. The topological polar surface area (TPSA) is 118 Å². The smallest absolute Gasteiger partial charge is 0.154 e. The Morgan fingerprint density at radius 3 is 2.77 bits per heavy atom. The van der Waals surface area contributed by atoms with E-state index in [-0.39, 0.29) is 29.1 Å². The molecule has 164 valence electrons. The molecule has 1 aliphatic heterocycles. The third-order valence-corrected chi connectivity index (χ3v) is 6.18. The Morgan fingerprint density at radius 2 is 1.97 bits per heavy atom. The Hall–Kier alpha value is -2.82. The van der Waals surface area contributed by atoms with Crippen LogP contribution in [0.4, 0.5) is 14.6 Å². The number of nitrogen functional groups attached to an aromatic ring is 1. The van der Waals surface area contributed by atoms with E-state index >= 15 is 0 Å². The number of benzene rings is 1. The van der Waals surface area contributed by atoms with Crippen molar-refractivity contribution in [2.45, 2.75) is 50.7 Å². The summed E-state index contributed by atoms with van der Waals surface area (Å²) in [6, 6.07) is 2.21. The highest BCUT2D eigenvalue weighted by atomic mass is 19.1. The van der Waals surface area contributed by atoms with Gasteiger partial charge in [0, 0.05) is 24.7 Å². The van der Waals surface area contributed by atoms with Crippen LogP contribution in [-0.4, -0.2) is 49.6 Å². The summed E-state index contributed by atoms with van der Waals surface area (Å²) >= 11 is 0. The minimum Gasteiger partial charge on any atom is -0.487 e. The fourth-order valence-electron chi connectivity index (χ4n) is 4.66. The average Bonchev–Trinajstić information content (AvgIpc) is 3.21. The van der Waals surface area contributed by atoms with Crippen LogP contribution in [0.25, 0.3) is 11.0 Å². The van der Waals surface area contributed by atoms with Crippen molar-refractivity contribution >= 4 is 16.9 Å². The Bertz CT molecular complexity index is 1170. The minimum atomic E-state index is -1.22. The van der Waals surface area contributed by atoms with Crippen molar-refractivity contribution in [3.63, 3.8) is 0 Å². The van der Waals surface area contributed by atoms with Gasteiger partial charge in [0.05, 0.1) is 11.4 Å². The first-order valence-electron chi connectivity index (χ1n) is 10.2. The lowest BCUT2D eigenvalue weighted by Gasteiger charge is -2.24. The number of anilines is 1. The van der Waals surface area contributed by atoms with Gasteiger partial charge in [0.25, 0.3) is 0 Å². The normalized spacial score (nSPS) is 25.7. The summed E-state index contributed by atoms with van der Waals surface area (Å²) in [6.07, 6.45) is -1.24. The molecule has 4 atom stereocenters. The fraction of sp³-hybridized carbons (Fsp3) is 0.429. The highest BCUT2D eigenvalue weighted by molar-refractivity contribution is 5.87. The van der Waals surface area contributed by atoms with Gasteiger partial charge >= 0.3 is 0 Å². The molecule has 0 saturated heterocycles. The Kier molecular flexibility index (Phi) is 4.80. The zero-order chi connectivity index (χ0) is 21.9. The van der Waals surface area contributed by atoms with Crippen molar-refractivity contribution in [3.05, 3.63) is 46.9 Å². The van der Waals surface area contributed by atoms with Gasteiger partial charge in [-0.25, -0.2) is 18.7 Å². The van der Waals surface area contributed by atoms with Crippen molar-refractivity contribution in [2.24, 2.45) is 0 Å². The summed E-state index contributed by atoms with van der Waals surface area (Å²) in [5, 5.41) is 24.7. The number of nitrogens with two attached hydrogens (primary N) is 1. The second-order valence-corrected chi connectivity index (χ2v) is 8.11. The molecule has 0 unspecified atom stereocenters. The second kappa shape index (κ2) is 7.40. The molecule has 2 aromatic heterocycles. The maximum absolute atomic E-state index is 14.5. The van der Waals surface area contributed by atoms with E-state index in [1.165, 1.54) is 22.9 Å². The molecule has 1 saturated carbocycles. The van der Waals surface area contributed by atoms with Gasteiger partial charge in [0.2, 0.25) is 0 Å². The van der Waals surface area contributed by atoms with Crippen molar-refractivity contribution in [1.82, 2.24) is 19.9 Å². The SMILES string of the molecule is Cc1nc(N)c2c(F)cn([C@@H]3C[C@H](Oc4ccc(F)c5c4CNCC5)[C@@H](O)[C@H]3O)c2n1. The summed E-state index contributed by atoms with van der Waals surface area (Å²) in [5.74, 6) is -0.0278. The number of nitrogens with zero attached hydrogens (tertiary/aromatic N) is 3. The van der Waals surface area contributed by atoms with Crippen molar-refractivity contribution in [1.29, 1.82) is 0 Å². The van der Waals surface area contributed by atoms with E-state index in [0.717, 1.165) is 0 Å². The number of aliphatic hydroxyl groups is 2. The zero-order valence-corrected chi connectivity index (χ0v) is 16.8. The number of hydrogen-bond donors (Lipinski definition) is 4. The summed E-state index contributed by atoms with van der Waals surface area (Å²) in [4.78, 5) is 8.28. The monoisotopic (exact) mass is 431 g/mol. The van der Waals surface area contributed by atoms with Crippen LogP contribution in [0.3, 0.4) is 0 Å². The van der Waals surface area contributed by atoms with E-state index in [4.69, 9.17) is 10.5 Å². The van der Waals surface area contributed by atoms with Gasteiger partial charge in [0.1, 0.15) is 47.2 Å². The van der Waals surface area contributed by atoms with Crippen LogP contribution in [0, 0.1) is 18.6 Å². The molecule has 0 bridgehead atoms. The number of halogens is 2. The predicted molar refractivity (Wildman–Crippen MR) is 109 cm³/mol. The molecule has 0 radical (unpaired) electrons. The zero-order valence-electron chi connectivity index (χ0n) is 16.8. The van der Waals surface area contributed by atoms with Gasteiger partial charge in [0.15, 0.2) is 5.82 Å². The summed E-state index contributed by atoms with van der Waals surface area (Å²) in [6.45, 7) is 2.78. The van der Waals surface area contributed by atoms with Crippen LogP contribution in [-0.2, 0) is 13.0 Å². The Labute approximate surface area is 176 Å². The highest BCUT2D eigenvalue weighted by Crippen LogP contribution is 2.38. The number of rotatable bonds is 3. The maximum atomic E-state index is 14.5. The molecule has 8 nitrogen and oxygen atoms in total. The summed E-state index contributed by atoms with van der Waals surface area (Å²) in [7, 11) is 0. The molecule has 31 heavy (non-hydrogen) atoms. The molecular formula is C21H23F2N5O3. The van der Waals surface area contributed by atoms with Gasteiger partial charge < -0.3 is 30.6 Å². The fourth-order valence-corrected chi connectivity index (χ4v) is 4.66. The molecule has 5 N–H and O–H groups in total. The average molecular weight is 431 g/mol. The number of aryl methyl sites for hydroxylation is 1. The molecule has 1 fully saturated rings. The molecule has 10 heteroatoms. The van der Waals surface area contributed by atoms with Gasteiger partial charge in [-0.3, -0.25) is 0 Å². The third kappa shape index (κ3) is 3.22. The molecule has 1 aliphatic carbocycles. The van der Waals surface area contributed by atoms with Gasteiger partial charge in [-0.1, -0.05) is 0 Å². The quantitative estimate of drug-likeness (QED) is 0.495. The summed E-state index contributed by atoms with van der Waals surface area (Å²) in [5.41, 5.74) is 7.43. The number of ether oxygens (including phenoxy) is 1. The molecule has 2 aliphatic rings. The molecule has 1 aromatic carbocycles. The van der Waals surface area contributed by atoms with Crippen LogP contribution in [0.5, 0.6) is 5.75 Å². The molecule has 5 rings (SSSR count). The number of nitrogens with one attached hydrogen (secondary N) is 1. The molecule has 3 heterocycles. The van der Waals surface area contributed by atoms with Crippen LogP contribution in [0.1, 0.15) is 29.4 Å². The van der Waals surface area contributed by atoms with Crippen LogP contribution < -0.4 is 15.8 Å². The van der Waals surface area contributed by atoms with E-state index in [1.807, 2.05) is 0 Å². The molecular weight excluding hydrogens is 408 g/mol. The van der Waals surface area contributed by atoms with E-state index in [2.05, 4.69) is 15.3 Å². The van der Waals surface area contributed by atoms with Crippen LogP contribution in [0.2, 0.25) is 0 Å². The minimum absolute atomic E-state index is 0.0185. The molecule has 3 aromatic rings. The van der Waals surface area contributed by atoms with Gasteiger partial charge in [-0.2, -0.15) is 0 Å². The second-order valence-electron chi connectivity index (χ2n) is 8.11. The first-order chi connectivity index (χ1) is 14.8. The maximum Gasteiger partial charge on any atom is 0.154 e. The van der Waals surface area contributed by atoms with E-state index in [9.17, 15) is 19.0 Å². The van der Waals surface area contributed by atoms with Crippen LogP contribution >= 0.6 is 0 Å². The van der Waals surface area contributed by atoms with Gasteiger partial charge in [-0.15, -0.1) is 0 Å². The Balaban J connectivity index is 1.48.